The van der Waals surface area contributed by atoms with Crippen LogP contribution in [0.15, 0.2) is 96.0 Å². The summed E-state index contributed by atoms with van der Waals surface area (Å²) in [6, 6.07) is 29.4. The lowest BCUT2D eigenvalue weighted by Gasteiger charge is -2.29. The number of carbonyl (C=O) groups is 5. The number of fused-ring (bicyclic) bond motifs is 8. The molecule has 1 N–H and O–H groups in total. The van der Waals surface area contributed by atoms with Crippen LogP contribution in [-0.2, 0) is 54.8 Å². The third-order valence-electron chi connectivity index (χ3n) is 14.5. The molecule has 4 amide bonds. The molecule has 78 heavy (non-hydrogen) atoms. The highest BCUT2D eigenvalue weighted by molar-refractivity contribution is 7.99. The molecule has 1 saturated heterocycles. The first-order chi connectivity index (χ1) is 38.0. The van der Waals surface area contributed by atoms with Gasteiger partial charge >= 0.3 is 5.97 Å². The topological polar surface area (TPSA) is 178 Å². The number of amides is 4. The third-order valence-corrected chi connectivity index (χ3v) is 15.8. The molecule has 1 fully saturated rings. The van der Waals surface area contributed by atoms with Crippen LogP contribution in [0.3, 0.4) is 0 Å². The molecule has 5 aliphatic heterocycles. The molecule has 5 heterocycles. The van der Waals surface area contributed by atoms with E-state index in [0.717, 1.165) is 57.7 Å². The smallest absolute Gasteiger partial charge is 0.333 e. The predicted octanol–water partition coefficient (Wildman–Crippen LogP) is 9.20. The van der Waals surface area contributed by atoms with Crippen LogP contribution in [0.5, 0.6) is 17.2 Å². The maximum absolute atomic E-state index is 14.2. The van der Waals surface area contributed by atoms with Crippen LogP contribution in [0.4, 0.5) is 28.4 Å². The lowest BCUT2D eigenvalue weighted by molar-refractivity contribution is -0.197. The van der Waals surface area contributed by atoms with E-state index in [0.29, 0.717) is 109 Å². The molecular weight excluding hydrogens is 1010 g/mol. The van der Waals surface area contributed by atoms with E-state index in [4.69, 9.17) is 33.5 Å². The number of ether oxygens (including phenoxy) is 5. The first kappa shape index (κ1) is 54.0. The van der Waals surface area contributed by atoms with Crippen molar-refractivity contribution in [1.29, 1.82) is 0 Å². The van der Waals surface area contributed by atoms with Gasteiger partial charge in [0.15, 0.2) is 11.5 Å². The number of para-hydroxylation sites is 2. The number of hydrogen-bond acceptors (Lipinski definition) is 15. The van der Waals surface area contributed by atoms with Crippen LogP contribution in [0.1, 0.15) is 94.5 Å². The van der Waals surface area contributed by atoms with Gasteiger partial charge in [0.05, 0.1) is 61.5 Å². The molecule has 0 bridgehead atoms. The van der Waals surface area contributed by atoms with Crippen LogP contribution < -0.4 is 34.2 Å². The van der Waals surface area contributed by atoms with E-state index in [9.17, 15) is 24.0 Å². The molecule has 0 aliphatic carbocycles. The molecule has 0 radical (unpaired) electrons. The van der Waals surface area contributed by atoms with Crippen LogP contribution in [-0.4, -0.2) is 117 Å². The van der Waals surface area contributed by atoms with Gasteiger partial charge in [-0.2, -0.15) is 11.8 Å². The van der Waals surface area contributed by atoms with Crippen LogP contribution in [0, 0.1) is 6.92 Å². The Balaban J connectivity index is 0.899. The fourth-order valence-corrected chi connectivity index (χ4v) is 11.7. The van der Waals surface area contributed by atoms with Gasteiger partial charge in [-0.25, -0.2) is 4.79 Å². The molecule has 5 aromatic rings. The zero-order valence-electron chi connectivity index (χ0n) is 44.6. The number of hydroxylamine groups is 2. The highest BCUT2D eigenvalue weighted by atomic mass is 32.2. The van der Waals surface area contributed by atoms with Crippen molar-refractivity contribution >= 4 is 76.0 Å². The predicted molar refractivity (Wildman–Crippen MR) is 300 cm³/mol. The molecule has 17 nitrogen and oxygen atoms in total. The zero-order valence-corrected chi connectivity index (χ0v) is 45.4. The van der Waals surface area contributed by atoms with Crippen molar-refractivity contribution < 1.29 is 52.5 Å². The molecule has 5 aromatic carbocycles. The zero-order chi connectivity index (χ0) is 54.3. The van der Waals surface area contributed by atoms with Crippen LogP contribution >= 0.6 is 11.8 Å². The maximum atomic E-state index is 14.2. The van der Waals surface area contributed by atoms with E-state index in [1.807, 2.05) is 77.5 Å². The normalized spacial score (nSPS) is 17.3. The minimum Gasteiger partial charge on any atom is -0.493 e. The Labute approximate surface area is 459 Å². The van der Waals surface area contributed by atoms with E-state index in [2.05, 4.69) is 54.4 Å². The van der Waals surface area contributed by atoms with Crippen molar-refractivity contribution in [1.82, 2.24) is 5.06 Å². The Morgan fingerprint density at radius 2 is 1.46 bits per heavy atom. The summed E-state index contributed by atoms with van der Waals surface area (Å²) in [6.07, 6.45) is 4.89. The van der Waals surface area contributed by atoms with Crippen molar-refractivity contribution in [3.63, 3.8) is 0 Å². The summed E-state index contributed by atoms with van der Waals surface area (Å²) in [7, 11) is 1.57. The average molecular weight is 1080 g/mol. The number of thioether (sulfide) groups is 1. The lowest BCUT2D eigenvalue weighted by atomic mass is 10.1. The highest BCUT2D eigenvalue weighted by Gasteiger charge is 2.39. The van der Waals surface area contributed by atoms with Gasteiger partial charge in [0.2, 0.25) is 0 Å². The molecule has 408 valence electrons. The second kappa shape index (κ2) is 24.5. The molecule has 0 unspecified atom stereocenters. The minimum absolute atomic E-state index is 0.0323. The van der Waals surface area contributed by atoms with Crippen molar-refractivity contribution in [3.8, 4) is 17.2 Å². The monoisotopic (exact) mass is 1080 g/mol. The lowest BCUT2D eigenvalue weighted by Crippen LogP contribution is -2.39. The number of aryl methyl sites for hydroxylation is 1. The van der Waals surface area contributed by atoms with Crippen LogP contribution in [0.2, 0.25) is 0 Å². The summed E-state index contributed by atoms with van der Waals surface area (Å²) in [5.41, 5.74) is 9.79. The fourth-order valence-electron chi connectivity index (χ4n) is 10.7. The van der Waals surface area contributed by atoms with Gasteiger partial charge in [0.25, 0.3) is 23.6 Å². The molecule has 3 atom stereocenters. The Morgan fingerprint density at radius 1 is 0.782 bits per heavy atom. The standard InChI is InChI=1S/C60H66N6O11S/c1-5-19-73-21-22-74-20-18-63(35-39(3)78-23-10-15-58(69)77-66-56(67)16-17-57(66)68)44-26-40(36-75-53-31-49-47(24-38(53)2)59(70)64-45(33-61-49)28-42-11-6-8-13-51(42)64)25-41(27-44)37-76-55-32-50-48(30-54(55)72-4)60(71)65-46(34-62-50)29-43-12-7-9-14-52(43)65/h6-9,11-14,24-27,30-33,39,45-46,62H,5,10,15-23,28-29,34-37H2,1-4H3/t39-,45-,46-/m0/s1. The molecule has 10 rings (SSSR count). The largest absolute Gasteiger partial charge is 0.493 e. The first-order valence-corrected chi connectivity index (χ1v) is 28.0. The third kappa shape index (κ3) is 12.0. The molecular formula is C60H66N6O11S. The Morgan fingerprint density at radius 3 is 2.19 bits per heavy atom. The Bertz CT molecular complexity index is 3100. The number of hydrogen-bond donors (Lipinski definition) is 1. The minimum atomic E-state index is -0.615. The summed E-state index contributed by atoms with van der Waals surface area (Å²) in [6.45, 7) is 10.3. The molecule has 0 spiro atoms. The van der Waals surface area contributed by atoms with E-state index in [-0.39, 0.29) is 61.6 Å². The average Bonchev–Trinajstić information content (AvgIpc) is 4.21. The highest BCUT2D eigenvalue weighted by Crippen LogP contribution is 2.42. The number of aliphatic imine (C=N–C) groups is 1. The molecule has 18 heteroatoms. The Kier molecular flexibility index (Phi) is 17.0. The summed E-state index contributed by atoms with van der Waals surface area (Å²) in [5.74, 6) is 0.344. The maximum Gasteiger partial charge on any atom is 0.333 e. The van der Waals surface area contributed by atoms with E-state index in [1.165, 1.54) is 0 Å². The number of anilines is 4. The summed E-state index contributed by atoms with van der Waals surface area (Å²) in [4.78, 5) is 80.9. The Hall–Kier alpha value is -7.41. The van der Waals surface area contributed by atoms with Gasteiger partial charge in [-0.05, 0) is 102 Å². The summed E-state index contributed by atoms with van der Waals surface area (Å²) < 4.78 is 31.0. The number of nitrogens with one attached hydrogen (secondary N) is 1. The van der Waals surface area contributed by atoms with E-state index < -0.39 is 17.8 Å². The van der Waals surface area contributed by atoms with Crippen molar-refractivity contribution in [2.24, 2.45) is 4.99 Å². The second-order valence-corrected chi connectivity index (χ2v) is 21.7. The number of nitrogens with zero attached hydrogens (tertiary/aromatic N) is 5. The quantitative estimate of drug-likeness (QED) is 0.0457. The van der Waals surface area contributed by atoms with Crippen LogP contribution in [0.25, 0.3) is 0 Å². The van der Waals surface area contributed by atoms with Crippen molar-refractivity contribution in [2.45, 2.75) is 96.3 Å². The number of rotatable bonds is 24. The van der Waals surface area contributed by atoms with Crippen molar-refractivity contribution in [3.05, 3.63) is 130 Å². The number of imide groups is 1. The molecule has 0 aromatic heterocycles. The SMILES string of the molecule is CCCOCCOCCN(C[C@H](C)SCCCC(=O)ON1C(=O)CCC1=O)c1cc(COc2cc3c(cc2C)C(=O)N2c4ccccc4C[C@H]2C=N3)cc(COc2cc3c(cc2OC)C(=O)N2c4ccccc4C[C@H]2CN3)c1. The number of carbonyl (C=O) groups excluding carboxylic acids is 5. The van der Waals surface area contributed by atoms with Gasteiger partial charge < -0.3 is 43.6 Å². The fraction of sp³-hybridized carbons (Fsp3) is 0.400. The second-order valence-electron chi connectivity index (χ2n) is 20.2. The summed E-state index contributed by atoms with van der Waals surface area (Å²) >= 11 is 1.70. The van der Waals surface area contributed by atoms with Gasteiger partial charge in [0.1, 0.15) is 19.0 Å². The molecule has 5 aliphatic rings. The van der Waals surface area contributed by atoms with Crippen molar-refractivity contribution in [2.75, 3.05) is 78.9 Å². The number of benzene rings is 5. The summed E-state index contributed by atoms with van der Waals surface area (Å²) in [5, 5.41) is 4.22. The van der Waals surface area contributed by atoms with E-state index >= 15 is 0 Å². The number of methoxy groups -OCH3 is 1. The van der Waals surface area contributed by atoms with Gasteiger partial charge in [0, 0.05) is 92.6 Å². The molecule has 0 saturated carbocycles. The van der Waals surface area contributed by atoms with Gasteiger partial charge in [-0.1, -0.05) is 50.2 Å². The first-order valence-electron chi connectivity index (χ1n) is 26.9. The van der Waals surface area contributed by atoms with Gasteiger partial charge in [-0.15, -0.1) is 5.06 Å². The van der Waals surface area contributed by atoms with E-state index in [1.54, 1.807) is 24.9 Å². The van der Waals surface area contributed by atoms with Gasteiger partial charge in [-0.3, -0.25) is 29.1 Å².